The Hall–Kier alpha value is -2.73. The largest absolute Gasteiger partial charge is 0.508 e. The number of ether oxygens (including phenoxy) is 1. The second-order valence-corrected chi connectivity index (χ2v) is 8.73. The van der Waals surface area contributed by atoms with Crippen LogP contribution in [0.2, 0.25) is 5.02 Å². The monoisotopic (exact) mass is 502 g/mol. The van der Waals surface area contributed by atoms with Gasteiger partial charge in [-0.3, -0.25) is 4.79 Å². The molecule has 0 spiro atoms. The van der Waals surface area contributed by atoms with Crippen molar-refractivity contribution in [2.24, 2.45) is 0 Å². The highest BCUT2D eigenvalue weighted by Crippen LogP contribution is 2.37. The molecule has 0 unspecified atom stereocenters. The number of carbonyl (C=O) groups is 1. The molecule has 0 aliphatic carbocycles. The Bertz CT molecular complexity index is 1070. The van der Waals surface area contributed by atoms with Gasteiger partial charge in [0.2, 0.25) is 0 Å². The molecule has 1 aliphatic heterocycles. The number of anilines is 2. The summed E-state index contributed by atoms with van der Waals surface area (Å²) in [6, 6.07) is 21.0. The van der Waals surface area contributed by atoms with Crippen LogP contribution in [0, 0.1) is 0 Å². The van der Waals surface area contributed by atoms with E-state index in [1.807, 2.05) is 6.07 Å². The van der Waals surface area contributed by atoms with Crippen molar-refractivity contribution in [1.29, 1.82) is 0 Å². The molecular weight excluding hydrogens is 471 g/mol. The zero-order valence-electron chi connectivity index (χ0n) is 19.8. The van der Waals surface area contributed by atoms with Gasteiger partial charge in [0.1, 0.15) is 11.5 Å². The van der Waals surface area contributed by atoms with Crippen LogP contribution < -0.4 is 9.64 Å². The lowest BCUT2D eigenvalue weighted by molar-refractivity contribution is -0.131. The molecule has 3 aromatic carbocycles. The van der Waals surface area contributed by atoms with Crippen molar-refractivity contribution < 1.29 is 14.6 Å². The molecule has 182 valence electrons. The normalized spacial score (nSPS) is 11.9. The van der Waals surface area contributed by atoms with Gasteiger partial charge in [-0.1, -0.05) is 35.9 Å². The summed E-state index contributed by atoms with van der Waals surface area (Å²) in [5.41, 5.74) is 5.43. The average molecular weight is 503 g/mol. The van der Waals surface area contributed by atoms with Crippen LogP contribution in [0.1, 0.15) is 24.5 Å². The Morgan fingerprint density at radius 3 is 2.29 bits per heavy atom. The predicted octanol–water partition coefficient (Wildman–Crippen LogP) is 6.27. The molecule has 0 atom stereocenters. The summed E-state index contributed by atoms with van der Waals surface area (Å²) in [6.07, 6.45) is 3.30. The van der Waals surface area contributed by atoms with Crippen LogP contribution >= 0.6 is 24.0 Å². The first-order chi connectivity index (χ1) is 15.8. The molecule has 0 radical (unpaired) electrons. The van der Waals surface area contributed by atoms with Gasteiger partial charge in [0.15, 0.2) is 0 Å². The molecule has 0 saturated heterocycles. The number of para-hydroxylation sites is 1. The molecule has 1 aliphatic rings. The van der Waals surface area contributed by atoms with E-state index < -0.39 is 0 Å². The zero-order valence-corrected chi connectivity index (χ0v) is 21.4. The first-order valence-corrected chi connectivity index (χ1v) is 11.5. The predicted molar refractivity (Wildman–Crippen MR) is 142 cm³/mol. The van der Waals surface area contributed by atoms with E-state index in [1.54, 1.807) is 0 Å². The molecule has 3 aromatic rings. The number of halogens is 2. The Morgan fingerprint density at radius 2 is 1.65 bits per heavy atom. The van der Waals surface area contributed by atoms with Gasteiger partial charge in [0.25, 0.3) is 0 Å². The number of carbonyl (C=O) groups excluding carboxylic acids is 1. The molecule has 0 bridgehead atoms. The van der Waals surface area contributed by atoms with Gasteiger partial charge in [0, 0.05) is 29.9 Å². The maximum absolute atomic E-state index is 10.4. The minimum Gasteiger partial charge on any atom is -0.508 e. The van der Waals surface area contributed by atoms with Crippen LogP contribution in [0.15, 0.2) is 66.7 Å². The van der Waals surface area contributed by atoms with Crippen LogP contribution in [0.4, 0.5) is 11.4 Å². The van der Waals surface area contributed by atoms with Crippen LogP contribution in [0.3, 0.4) is 0 Å². The molecular formula is C27H32Cl2N2O3. The second-order valence-electron chi connectivity index (χ2n) is 8.30. The molecule has 5 nitrogen and oxygen atoms in total. The highest BCUT2D eigenvalue weighted by molar-refractivity contribution is 6.30. The van der Waals surface area contributed by atoms with E-state index in [0.717, 1.165) is 37.4 Å². The number of phenolic OH excluding ortho intramolecular Hbond substituents is 1. The number of aromatic hydroxyl groups is 1. The summed E-state index contributed by atoms with van der Waals surface area (Å²) in [5.74, 6) is 0.229. The van der Waals surface area contributed by atoms with Crippen molar-refractivity contribution in [3.63, 3.8) is 0 Å². The Labute approximate surface area is 213 Å². The zero-order chi connectivity index (χ0) is 23.8. The molecule has 0 amide bonds. The highest BCUT2D eigenvalue weighted by Gasteiger charge is 2.20. The fourth-order valence-corrected chi connectivity index (χ4v) is 4.02. The quantitative estimate of drug-likeness (QED) is 0.329. The molecule has 0 saturated carbocycles. The lowest BCUT2D eigenvalue weighted by Gasteiger charge is -2.27. The van der Waals surface area contributed by atoms with E-state index >= 15 is 0 Å². The summed E-state index contributed by atoms with van der Waals surface area (Å²) in [6.45, 7) is 3.43. The van der Waals surface area contributed by atoms with E-state index in [2.05, 4.69) is 60.3 Å². The molecule has 0 fully saturated rings. The number of esters is 1. The molecule has 1 N–H and O–H groups in total. The van der Waals surface area contributed by atoms with E-state index in [9.17, 15) is 4.79 Å². The van der Waals surface area contributed by atoms with Crippen LogP contribution in [-0.2, 0) is 17.6 Å². The van der Waals surface area contributed by atoms with E-state index in [4.69, 9.17) is 21.4 Å². The van der Waals surface area contributed by atoms with Crippen molar-refractivity contribution in [3.8, 4) is 11.5 Å². The number of hydrogen-bond acceptors (Lipinski definition) is 5. The lowest BCUT2D eigenvalue weighted by Crippen LogP contribution is -2.24. The van der Waals surface area contributed by atoms with E-state index in [-0.39, 0.29) is 24.1 Å². The summed E-state index contributed by atoms with van der Waals surface area (Å²) in [7, 11) is 4.25. The lowest BCUT2D eigenvalue weighted by atomic mass is 10.0. The van der Waals surface area contributed by atoms with Crippen molar-refractivity contribution in [1.82, 2.24) is 4.90 Å². The van der Waals surface area contributed by atoms with Gasteiger partial charge in [-0.25, -0.2) is 0 Å². The number of hydrogen-bond donors (Lipinski definition) is 1. The van der Waals surface area contributed by atoms with Crippen molar-refractivity contribution in [3.05, 3.63) is 82.9 Å². The van der Waals surface area contributed by atoms with Crippen LogP contribution in [-0.4, -0.2) is 43.2 Å². The van der Waals surface area contributed by atoms with Gasteiger partial charge in [-0.05, 0) is 93.5 Å². The number of fused-ring (bicyclic) bond motifs is 2. The first-order valence-electron chi connectivity index (χ1n) is 11.1. The van der Waals surface area contributed by atoms with Crippen molar-refractivity contribution >= 4 is 41.4 Å². The Morgan fingerprint density at radius 1 is 1.00 bits per heavy atom. The topological polar surface area (TPSA) is 53.0 Å². The van der Waals surface area contributed by atoms with Crippen LogP contribution in [0.25, 0.3) is 0 Å². The van der Waals surface area contributed by atoms with Crippen molar-refractivity contribution in [2.75, 3.05) is 32.1 Å². The summed E-state index contributed by atoms with van der Waals surface area (Å²) >= 11 is 6.27. The minimum atomic E-state index is -0.365. The molecule has 4 rings (SSSR count). The number of aryl methyl sites for hydroxylation is 2. The highest BCUT2D eigenvalue weighted by atomic mass is 35.5. The third-order valence-electron chi connectivity index (χ3n) is 5.37. The third kappa shape index (κ3) is 7.94. The number of rotatable bonds is 5. The average Bonchev–Trinajstić information content (AvgIpc) is 2.92. The van der Waals surface area contributed by atoms with Crippen molar-refractivity contribution in [2.45, 2.75) is 26.2 Å². The Balaban J connectivity index is 0.000000289. The van der Waals surface area contributed by atoms with Gasteiger partial charge in [0.05, 0.1) is 0 Å². The maximum Gasteiger partial charge on any atom is 0.308 e. The van der Waals surface area contributed by atoms with Gasteiger partial charge in [-0.15, -0.1) is 12.4 Å². The van der Waals surface area contributed by atoms with Gasteiger partial charge in [-0.2, -0.15) is 0 Å². The number of nitrogens with zero attached hydrogens (tertiary/aromatic N) is 2. The SMILES string of the molecule is CC(=O)Oc1ccc(O)cc1.CN(C)CCCN1c2ccccc2CCc2ccc(Cl)cc21.Cl. The number of benzene rings is 3. The van der Waals surface area contributed by atoms with Gasteiger partial charge >= 0.3 is 5.97 Å². The molecule has 34 heavy (non-hydrogen) atoms. The van der Waals surface area contributed by atoms with E-state index in [0.29, 0.717) is 5.75 Å². The Kier molecular flexibility index (Phi) is 10.7. The second kappa shape index (κ2) is 13.2. The fourth-order valence-electron chi connectivity index (χ4n) is 3.85. The summed E-state index contributed by atoms with van der Waals surface area (Å²) < 4.78 is 4.72. The third-order valence-corrected chi connectivity index (χ3v) is 5.60. The standard InChI is InChI=1S/C19H23ClN2.C8H8O3.ClH/c1-21(2)12-5-13-22-18-7-4-3-6-15(18)8-9-16-10-11-17(20)14-19(16)22;1-6(9)11-8-4-2-7(10)3-5-8;/h3-4,6-7,10-11,14H,5,8-9,12-13H2,1-2H3;2-5,10H,1H3;1H. The maximum atomic E-state index is 10.4. The number of phenols is 1. The fraction of sp³-hybridized carbons (Fsp3) is 0.296. The summed E-state index contributed by atoms with van der Waals surface area (Å²) in [5, 5.41) is 9.67. The molecule has 7 heteroatoms. The summed E-state index contributed by atoms with van der Waals surface area (Å²) in [4.78, 5) is 15.1. The molecule has 1 heterocycles. The first kappa shape index (κ1) is 27.5. The smallest absolute Gasteiger partial charge is 0.308 e. The molecule has 0 aromatic heterocycles. The van der Waals surface area contributed by atoms with E-state index in [1.165, 1.54) is 53.7 Å². The minimum absolute atomic E-state index is 0. The van der Waals surface area contributed by atoms with Gasteiger partial charge < -0.3 is 19.6 Å². The van der Waals surface area contributed by atoms with Crippen LogP contribution in [0.5, 0.6) is 11.5 Å².